The average molecular weight is 499 g/mol. The second-order valence-electron chi connectivity index (χ2n) is 9.82. The summed E-state index contributed by atoms with van der Waals surface area (Å²) in [6, 6.07) is 44.6. The first kappa shape index (κ1) is 21.8. The zero-order valence-electron chi connectivity index (χ0n) is 21.0. The van der Waals surface area contributed by atoms with Crippen LogP contribution in [0.4, 0.5) is 0 Å². The fraction of sp³-hybridized carbons (Fsp3) is 0. The van der Waals surface area contributed by atoms with E-state index in [0.717, 1.165) is 33.1 Å². The standard InChI is InChI=1S/C36H22N2O/c1-3-11-29-27(9-1)34(23-15-17-24(18-16-23)36-38-32-13-5-6-14-33(32)39-36)28-10-2-4-12-30(28)35(29)26-19-20-31-25(22-26)8-7-21-37-31/h1-22H. The maximum absolute atomic E-state index is 6.02. The van der Waals surface area contributed by atoms with Crippen molar-refractivity contribution in [3.8, 4) is 33.7 Å². The molecule has 8 aromatic rings. The van der Waals surface area contributed by atoms with Gasteiger partial charge in [0.15, 0.2) is 5.58 Å². The molecule has 2 aromatic heterocycles. The van der Waals surface area contributed by atoms with Gasteiger partial charge in [-0.3, -0.25) is 4.98 Å². The topological polar surface area (TPSA) is 38.9 Å². The van der Waals surface area contributed by atoms with E-state index in [1.54, 1.807) is 0 Å². The van der Waals surface area contributed by atoms with Crippen molar-refractivity contribution < 1.29 is 4.42 Å². The zero-order chi connectivity index (χ0) is 25.8. The highest BCUT2D eigenvalue weighted by molar-refractivity contribution is 6.21. The van der Waals surface area contributed by atoms with Gasteiger partial charge in [-0.25, -0.2) is 4.98 Å². The van der Waals surface area contributed by atoms with Crippen LogP contribution in [0.25, 0.3) is 77.3 Å². The van der Waals surface area contributed by atoms with Gasteiger partial charge in [0.05, 0.1) is 5.52 Å². The van der Waals surface area contributed by atoms with Crippen molar-refractivity contribution in [2.24, 2.45) is 0 Å². The minimum Gasteiger partial charge on any atom is -0.436 e. The summed E-state index contributed by atoms with van der Waals surface area (Å²) in [4.78, 5) is 9.21. The number of hydrogen-bond acceptors (Lipinski definition) is 3. The third-order valence-electron chi connectivity index (χ3n) is 7.54. The van der Waals surface area contributed by atoms with Crippen LogP contribution in [0.2, 0.25) is 0 Å². The van der Waals surface area contributed by atoms with E-state index in [4.69, 9.17) is 4.42 Å². The van der Waals surface area contributed by atoms with Crippen molar-refractivity contribution in [2.45, 2.75) is 0 Å². The van der Waals surface area contributed by atoms with Crippen LogP contribution in [0.3, 0.4) is 0 Å². The molecule has 0 bridgehead atoms. The van der Waals surface area contributed by atoms with Gasteiger partial charge in [0, 0.05) is 17.1 Å². The Morgan fingerprint density at radius 3 is 1.74 bits per heavy atom. The normalized spacial score (nSPS) is 11.6. The molecule has 0 unspecified atom stereocenters. The molecule has 2 heterocycles. The number of fused-ring (bicyclic) bond motifs is 4. The number of benzene rings is 6. The fourth-order valence-electron chi connectivity index (χ4n) is 5.76. The van der Waals surface area contributed by atoms with Crippen LogP contribution in [0, 0.1) is 0 Å². The Morgan fingerprint density at radius 1 is 0.462 bits per heavy atom. The third-order valence-corrected chi connectivity index (χ3v) is 7.54. The number of oxazole rings is 1. The first-order valence-electron chi connectivity index (χ1n) is 13.1. The zero-order valence-corrected chi connectivity index (χ0v) is 21.0. The molecule has 0 saturated carbocycles. The van der Waals surface area contributed by atoms with E-state index in [1.165, 1.54) is 38.2 Å². The highest BCUT2D eigenvalue weighted by Gasteiger charge is 2.17. The van der Waals surface area contributed by atoms with Crippen LogP contribution in [-0.2, 0) is 0 Å². The second-order valence-corrected chi connectivity index (χ2v) is 9.82. The van der Waals surface area contributed by atoms with Gasteiger partial charge in [-0.15, -0.1) is 0 Å². The molecule has 0 radical (unpaired) electrons. The first-order valence-corrected chi connectivity index (χ1v) is 13.1. The monoisotopic (exact) mass is 498 g/mol. The summed E-state index contributed by atoms with van der Waals surface area (Å²) in [5.74, 6) is 0.638. The minimum absolute atomic E-state index is 0.638. The summed E-state index contributed by atoms with van der Waals surface area (Å²) < 4.78 is 6.02. The number of aromatic nitrogens is 2. The van der Waals surface area contributed by atoms with E-state index >= 15 is 0 Å². The lowest BCUT2D eigenvalue weighted by Gasteiger charge is -2.18. The Hall–Kier alpha value is -5.28. The lowest BCUT2D eigenvalue weighted by Crippen LogP contribution is -1.91. The summed E-state index contributed by atoms with van der Waals surface area (Å²) in [6.45, 7) is 0. The highest BCUT2D eigenvalue weighted by Crippen LogP contribution is 2.44. The molecule has 0 aliphatic carbocycles. The molecular weight excluding hydrogens is 476 g/mol. The van der Waals surface area contributed by atoms with Crippen molar-refractivity contribution >= 4 is 43.5 Å². The van der Waals surface area contributed by atoms with Gasteiger partial charge >= 0.3 is 0 Å². The van der Waals surface area contributed by atoms with Gasteiger partial charge in [0.25, 0.3) is 0 Å². The number of hydrogen-bond donors (Lipinski definition) is 0. The molecule has 0 aliphatic rings. The molecule has 182 valence electrons. The van der Waals surface area contributed by atoms with Crippen LogP contribution in [0.1, 0.15) is 0 Å². The highest BCUT2D eigenvalue weighted by atomic mass is 16.3. The van der Waals surface area contributed by atoms with Crippen LogP contribution < -0.4 is 0 Å². The minimum atomic E-state index is 0.638. The van der Waals surface area contributed by atoms with Crippen molar-refractivity contribution in [2.75, 3.05) is 0 Å². The summed E-state index contributed by atoms with van der Waals surface area (Å²) in [7, 11) is 0. The molecule has 8 rings (SSSR count). The van der Waals surface area contributed by atoms with E-state index in [1.807, 2.05) is 36.5 Å². The summed E-state index contributed by atoms with van der Waals surface area (Å²) in [6.07, 6.45) is 1.84. The summed E-state index contributed by atoms with van der Waals surface area (Å²) in [5.41, 5.74) is 8.48. The molecule has 0 amide bonds. The Kier molecular flexibility index (Phi) is 4.82. The lowest BCUT2D eigenvalue weighted by atomic mass is 9.85. The van der Waals surface area contributed by atoms with E-state index in [2.05, 4.69) is 107 Å². The average Bonchev–Trinajstić information content (AvgIpc) is 3.44. The fourth-order valence-corrected chi connectivity index (χ4v) is 5.76. The molecule has 0 N–H and O–H groups in total. The van der Waals surface area contributed by atoms with Crippen molar-refractivity contribution in [3.05, 3.63) is 134 Å². The van der Waals surface area contributed by atoms with Gasteiger partial charge in [-0.2, -0.15) is 0 Å². The summed E-state index contributed by atoms with van der Waals surface area (Å²) in [5, 5.41) is 6.07. The largest absolute Gasteiger partial charge is 0.436 e. The molecule has 39 heavy (non-hydrogen) atoms. The molecule has 3 nitrogen and oxygen atoms in total. The molecule has 0 atom stereocenters. The molecule has 3 heteroatoms. The van der Waals surface area contributed by atoms with Crippen LogP contribution in [-0.4, -0.2) is 9.97 Å². The number of para-hydroxylation sites is 2. The number of pyridine rings is 1. The van der Waals surface area contributed by atoms with Crippen molar-refractivity contribution in [3.63, 3.8) is 0 Å². The van der Waals surface area contributed by atoms with E-state index in [-0.39, 0.29) is 0 Å². The maximum Gasteiger partial charge on any atom is 0.227 e. The van der Waals surface area contributed by atoms with E-state index in [9.17, 15) is 0 Å². The first-order chi connectivity index (χ1) is 19.3. The van der Waals surface area contributed by atoms with Gasteiger partial charge in [0.1, 0.15) is 5.52 Å². The Balaban J connectivity index is 1.35. The lowest BCUT2D eigenvalue weighted by molar-refractivity contribution is 0.620. The molecule has 0 saturated heterocycles. The van der Waals surface area contributed by atoms with Gasteiger partial charge < -0.3 is 4.42 Å². The van der Waals surface area contributed by atoms with Crippen LogP contribution >= 0.6 is 0 Å². The molecular formula is C36H22N2O. The smallest absolute Gasteiger partial charge is 0.227 e. The number of nitrogens with zero attached hydrogens (tertiary/aromatic N) is 2. The van der Waals surface area contributed by atoms with Gasteiger partial charge in [0.2, 0.25) is 5.89 Å². The maximum atomic E-state index is 6.02. The van der Waals surface area contributed by atoms with Crippen molar-refractivity contribution in [1.82, 2.24) is 9.97 Å². The van der Waals surface area contributed by atoms with Crippen LogP contribution in [0.15, 0.2) is 138 Å². The Morgan fingerprint density at radius 2 is 1.05 bits per heavy atom. The van der Waals surface area contributed by atoms with E-state index in [0.29, 0.717) is 5.89 Å². The predicted octanol–water partition coefficient (Wildman–Crippen LogP) is 9.68. The molecule has 0 fully saturated rings. The predicted molar refractivity (Wildman–Crippen MR) is 161 cm³/mol. The van der Waals surface area contributed by atoms with Crippen molar-refractivity contribution in [1.29, 1.82) is 0 Å². The van der Waals surface area contributed by atoms with Crippen LogP contribution in [0.5, 0.6) is 0 Å². The Bertz CT molecular complexity index is 2080. The quantitative estimate of drug-likeness (QED) is 0.228. The molecule has 0 spiro atoms. The van der Waals surface area contributed by atoms with E-state index < -0.39 is 0 Å². The third kappa shape index (κ3) is 3.52. The van der Waals surface area contributed by atoms with Gasteiger partial charge in [-0.05, 0) is 86.3 Å². The Labute approximate surface area is 225 Å². The van der Waals surface area contributed by atoms with Gasteiger partial charge in [-0.1, -0.05) is 84.9 Å². The SMILES string of the molecule is c1cnc2ccc(-c3c4ccccc4c(-c4ccc(-c5nc6ccccc6o5)cc4)c4ccccc34)cc2c1. The molecule has 0 aliphatic heterocycles. The number of rotatable bonds is 3. The molecule has 6 aromatic carbocycles. The second kappa shape index (κ2) is 8.64. The summed E-state index contributed by atoms with van der Waals surface area (Å²) >= 11 is 0.